The minimum Gasteiger partial charge on any atom is -0.452 e. The summed E-state index contributed by atoms with van der Waals surface area (Å²) in [6.45, 7) is 5.52. The van der Waals surface area contributed by atoms with Crippen LogP contribution in [0.4, 0.5) is 0 Å². The van der Waals surface area contributed by atoms with Crippen LogP contribution in [-0.4, -0.2) is 67.9 Å². The molecule has 0 spiro atoms. The Morgan fingerprint density at radius 1 is 1.23 bits per heavy atom. The number of hydrogen-bond acceptors (Lipinski definition) is 6. The smallest absolute Gasteiger partial charge is 0.340 e. The van der Waals surface area contributed by atoms with Gasteiger partial charge in [0.15, 0.2) is 6.61 Å². The summed E-state index contributed by atoms with van der Waals surface area (Å²) in [6, 6.07) is 0. The average molecular weight is 381 g/mol. The van der Waals surface area contributed by atoms with Crippen LogP contribution >= 0.6 is 0 Å². The van der Waals surface area contributed by atoms with Crippen molar-refractivity contribution in [2.45, 2.75) is 20.3 Å². The number of likely N-dealkylation sites (tertiary alicyclic amines) is 1. The fourth-order valence-corrected chi connectivity index (χ4v) is 4.46. The van der Waals surface area contributed by atoms with Crippen molar-refractivity contribution in [2.75, 3.05) is 32.0 Å². The van der Waals surface area contributed by atoms with E-state index >= 15 is 0 Å². The lowest BCUT2D eigenvalue weighted by atomic mass is 9.92. The number of fused-ring (bicyclic) bond motifs is 1. The zero-order valence-electron chi connectivity index (χ0n) is 14.9. The number of amidine groups is 1. The summed E-state index contributed by atoms with van der Waals surface area (Å²) in [4.78, 5) is 27.8. The van der Waals surface area contributed by atoms with E-state index in [1.807, 2.05) is 0 Å². The Morgan fingerprint density at radius 3 is 2.62 bits per heavy atom. The predicted octanol–water partition coefficient (Wildman–Crippen LogP) is 0.532. The molecule has 142 valence electrons. The van der Waals surface area contributed by atoms with Gasteiger partial charge < -0.3 is 14.5 Å². The predicted molar refractivity (Wildman–Crippen MR) is 95.6 cm³/mol. The first-order valence-electron chi connectivity index (χ1n) is 8.67. The van der Waals surface area contributed by atoms with Gasteiger partial charge in [-0.2, -0.15) is 0 Å². The van der Waals surface area contributed by atoms with E-state index < -0.39 is 16.0 Å². The van der Waals surface area contributed by atoms with Crippen molar-refractivity contribution in [3.63, 3.8) is 0 Å². The number of carbonyl (C=O) groups is 2. The summed E-state index contributed by atoms with van der Waals surface area (Å²) in [7, 11) is -3.43. The van der Waals surface area contributed by atoms with Crippen LogP contribution in [0.2, 0.25) is 0 Å². The highest BCUT2D eigenvalue weighted by atomic mass is 32.2. The van der Waals surface area contributed by atoms with Crippen molar-refractivity contribution in [2.24, 2.45) is 16.2 Å². The van der Waals surface area contributed by atoms with Crippen molar-refractivity contribution in [3.05, 3.63) is 23.9 Å². The average Bonchev–Trinajstić information content (AvgIpc) is 2.57. The van der Waals surface area contributed by atoms with Crippen LogP contribution < -0.4 is 0 Å². The van der Waals surface area contributed by atoms with Gasteiger partial charge in [0.25, 0.3) is 15.9 Å². The van der Waals surface area contributed by atoms with Gasteiger partial charge in [0.1, 0.15) is 5.84 Å². The fraction of sp³-hybridized carbons (Fsp3) is 0.588. The minimum atomic E-state index is -3.43. The maximum atomic E-state index is 12.3. The summed E-state index contributed by atoms with van der Waals surface area (Å²) in [5, 5.41) is 0. The molecule has 0 N–H and O–H groups in total. The number of nitrogens with zero attached hydrogens (tertiary/aromatic N) is 3. The Balaban J connectivity index is 1.57. The minimum absolute atomic E-state index is 0.104. The Morgan fingerprint density at radius 2 is 1.92 bits per heavy atom. The molecule has 0 radical (unpaired) electrons. The molecule has 1 fully saturated rings. The lowest BCUT2D eigenvalue weighted by molar-refractivity contribution is -0.150. The van der Waals surface area contributed by atoms with E-state index in [0.29, 0.717) is 24.9 Å². The molecule has 8 nitrogen and oxygen atoms in total. The molecule has 0 aromatic heterocycles. The molecule has 0 aliphatic carbocycles. The van der Waals surface area contributed by atoms with E-state index in [0.717, 1.165) is 6.42 Å². The molecule has 1 saturated heterocycles. The standard InChI is InChI=1S/C17H23N3O5S/c1-12-7-13(2)9-20(8-12)16(21)11-25-17(22)14-3-4-15-18-26(23,24)6-5-19(15)10-14/h3-4,10,12-13H,5-9,11H2,1-2H3. The maximum absolute atomic E-state index is 12.3. The van der Waals surface area contributed by atoms with Gasteiger partial charge in [-0.15, -0.1) is 4.40 Å². The second-order valence-corrected chi connectivity index (χ2v) is 8.92. The van der Waals surface area contributed by atoms with Crippen LogP contribution in [0.25, 0.3) is 0 Å². The number of carbonyl (C=O) groups excluding carboxylic acids is 2. The first kappa shape index (κ1) is 18.6. The molecule has 2 unspecified atom stereocenters. The summed E-state index contributed by atoms with van der Waals surface area (Å²) in [6.07, 6.45) is 5.51. The monoisotopic (exact) mass is 381 g/mol. The van der Waals surface area contributed by atoms with Crippen LogP contribution in [-0.2, 0) is 24.3 Å². The molecular weight excluding hydrogens is 358 g/mol. The summed E-state index contributed by atoms with van der Waals surface area (Å²) in [5.41, 5.74) is 0.261. The molecule has 0 aromatic carbocycles. The fourth-order valence-electron chi connectivity index (χ4n) is 3.49. The topological polar surface area (TPSA) is 96.4 Å². The van der Waals surface area contributed by atoms with Crippen molar-refractivity contribution >= 4 is 27.7 Å². The summed E-state index contributed by atoms with van der Waals surface area (Å²) in [5.74, 6) is 0.252. The maximum Gasteiger partial charge on any atom is 0.340 e. The van der Waals surface area contributed by atoms with E-state index in [1.54, 1.807) is 9.80 Å². The molecule has 0 bridgehead atoms. The molecule has 3 rings (SSSR count). The molecule has 1 amide bonds. The molecule has 3 aliphatic rings. The number of esters is 1. The van der Waals surface area contributed by atoms with E-state index in [-0.39, 0.29) is 36.2 Å². The van der Waals surface area contributed by atoms with Crippen molar-refractivity contribution in [3.8, 4) is 0 Å². The third-order valence-electron chi connectivity index (χ3n) is 4.61. The highest BCUT2D eigenvalue weighted by Crippen LogP contribution is 2.21. The highest BCUT2D eigenvalue weighted by Gasteiger charge is 2.28. The quantitative estimate of drug-likeness (QED) is 0.662. The van der Waals surface area contributed by atoms with E-state index in [1.165, 1.54) is 18.4 Å². The third-order valence-corrected chi connectivity index (χ3v) is 5.77. The summed E-state index contributed by atoms with van der Waals surface area (Å²) < 4.78 is 31.8. The number of rotatable bonds is 3. The van der Waals surface area contributed by atoms with Crippen molar-refractivity contribution < 1.29 is 22.7 Å². The second kappa shape index (κ2) is 7.22. The van der Waals surface area contributed by atoms with Crippen molar-refractivity contribution in [1.29, 1.82) is 0 Å². The molecule has 3 aliphatic heterocycles. The molecule has 2 atom stereocenters. The second-order valence-electron chi connectivity index (χ2n) is 7.17. The summed E-state index contributed by atoms with van der Waals surface area (Å²) >= 11 is 0. The molecule has 9 heteroatoms. The van der Waals surface area contributed by atoms with E-state index in [2.05, 4.69) is 18.2 Å². The van der Waals surface area contributed by atoms with Gasteiger partial charge in [0.2, 0.25) is 0 Å². The Hall–Kier alpha value is -2.16. The number of hydrogen-bond donors (Lipinski definition) is 0. The Bertz CT molecular complexity index is 789. The Labute approximate surface area is 153 Å². The number of piperidine rings is 1. The van der Waals surface area contributed by atoms with Gasteiger partial charge in [-0.3, -0.25) is 4.79 Å². The molecular formula is C17H23N3O5S. The number of sulfonamides is 1. The largest absolute Gasteiger partial charge is 0.452 e. The first-order valence-corrected chi connectivity index (χ1v) is 10.3. The first-order chi connectivity index (χ1) is 12.2. The van der Waals surface area contributed by atoms with Crippen LogP contribution in [0.5, 0.6) is 0 Å². The van der Waals surface area contributed by atoms with Gasteiger partial charge in [-0.05, 0) is 30.4 Å². The van der Waals surface area contributed by atoms with Gasteiger partial charge in [-0.25, -0.2) is 13.2 Å². The molecule has 26 heavy (non-hydrogen) atoms. The van der Waals surface area contributed by atoms with Gasteiger partial charge in [0, 0.05) is 25.8 Å². The lowest BCUT2D eigenvalue weighted by Crippen LogP contribution is -2.44. The zero-order chi connectivity index (χ0) is 18.9. The highest BCUT2D eigenvalue weighted by molar-refractivity contribution is 7.90. The van der Waals surface area contributed by atoms with Gasteiger partial charge in [-0.1, -0.05) is 13.8 Å². The van der Waals surface area contributed by atoms with Crippen LogP contribution in [0, 0.1) is 11.8 Å². The van der Waals surface area contributed by atoms with Gasteiger partial charge in [0.05, 0.1) is 11.3 Å². The zero-order valence-corrected chi connectivity index (χ0v) is 15.7. The molecule has 3 heterocycles. The Kier molecular flexibility index (Phi) is 5.17. The van der Waals surface area contributed by atoms with Crippen LogP contribution in [0.3, 0.4) is 0 Å². The normalized spacial score (nSPS) is 27.3. The van der Waals surface area contributed by atoms with Crippen LogP contribution in [0.15, 0.2) is 28.3 Å². The van der Waals surface area contributed by atoms with E-state index in [4.69, 9.17) is 4.74 Å². The van der Waals surface area contributed by atoms with Crippen molar-refractivity contribution in [1.82, 2.24) is 9.80 Å². The van der Waals surface area contributed by atoms with E-state index in [9.17, 15) is 18.0 Å². The molecule has 0 saturated carbocycles. The number of ether oxygens (including phenoxy) is 1. The van der Waals surface area contributed by atoms with Crippen LogP contribution in [0.1, 0.15) is 20.3 Å². The third kappa shape index (κ3) is 4.32. The SMILES string of the molecule is CC1CC(C)CN(C(=O)COC(=O)C2=CN3CCS(=O)(=O)N=C3C=C2)C1. The lowest BCUT2D eigenvalue weighted by Gasteiger charge is -2.34. The molecule has 0 aromatic rings. The number of amides is 1. The van der Waals surface area contributed by atoms with Gasteiger partial charge >= 0.3 is 5.97 Å².